The van der Waals surface area contributed by atoms with Gasteiger partial charge in [0, 0.05) is 13.1 Å². The highest BCUT2D eigenvalue weighted by Gasteiger charge is 2.27. The van der Waals surface area contributed by atoms with Gasteiger partial charge in [-0.25, -0.2) is 13.1 Å². The summed E-state index contributed by atoms with van der Waals surface area (Å²) in [6.45, 7) is 2.87. The van der Waals surface area contributed by atoms with Gasteiger partial charge in [0.1, 0.15) is 5.25 Å². The standard InChI is InChI=1S/C11H21N3O3S2/c1-2-9(11(12)18)19(16,17)13-8-10(15)14-6-4-3-5-7-14/h9,13H,2-8H2,1H3,(H2,12,18). The number of likely N-dealkylation sites (tertiary alicyclic amines) is 1. The quantitative estimate of drug-likeness (QED) is 0.673. The van der Waals surface area contributed by atoms with E-state index in [1.165, 1.54) is 0 Å². The van der Waals surface area contributed by atoms with E-state index in [2.05, 4.69) is 4.72 Å². The van der Waals surface area contributed by atoms with Gasteiger partial charge in [-0.1, -0.05) is 19.1 Å². The summed E-state index contributed by atoms with van der Waals surface area (Å²) in [6.07, 6.45) is 3.36. The van der Waals surface area contributed by atoms with Gasteiger partial charge in [0.05, 0.1) is 11.5 Å². The summed E-state index contributed by atoms with van der Waals surface area (Å²) >= 11 is 4.73. The summed E-state index contributed by atoms with van der Waals surface area (Å²) in [5, 5.41) is -0.920. The van der Waals surface area contributed by atoms with Crippen LogP contribution in [0.1, 0.15) is 32.6 Å². The van der Waals surface area contributed by atoms with Gasteiger partial charge in [0.2, 0.25) is 15.9 Å². The molecule has 1 aliphatic rings. The molecule has 0 aliphatic carbocycles. The van der Waals surface area contributed by atoms with Crippen molar-refractivity contribution in [3.05, 3.63) is 0 Å². The lowest BCUT2D eigenvalue weighted by Gasteiger charge is -2.27. The maximum absolute atomic E-state index is 11.9. The predicted octanol–water partition coefficient (Wildman–Crippen LogP) is -0.0170. The van der Waals surface area contributed by atoms with E-state index in [0.717, 1.165) is 19.3 Å². The number of carbonyl (C=O) groups excluding carboxylic acids is 1. The Bertz CT molecular complexity index is 430. The molecule has 0 spiro atoms. The first-order valence-electron chi connectivity index (χ1n) is 6.44. The van der Waals surface area contributed by atoms with Crippen LogP contribution in [0.4, 0.5) is 0 Å². The largest absolute Gasteiger partial charge is 0.392 e. The first-order chi connectivity index (χ1) is 8.88. The zero-order chi connectivity index (χ0) is 14.5. The summed E-state index contributed by atoms with van der Waals surface area (Å²) in [6, 6.07) is 0. The van der Waals surface area contributed by atoms with Gasteiger partial charge >= 0.3 is 0 Å². The summed E-state index contributed by atoms with van der Waals surface area (Å²) in [7, 11) is -3.67. The predicted molar refractivity (Wildman–Crippen MR) is 78.2 cm³/mol. The monoisotopic (exact) mass is 307 g/mol. The second-order valence-electron chi connectivity index (χ2n) is 4.61. The number of hydrogen-bond acceptors (Lipinski definition) is 4. The molecule has 110 valence electrons. The zero-order valence-corrected chi connectivity index (χ0v) is 12.7. The van der Waals surface area contributed by atoms with E-state index in [-0.39, 0.29) is 17.4 Å². The third kappa shape index (κ3) is 4.70. The molecular formula is C11H21N3O3S2. The van der Waals surface area contributed by atoms with E-state index in [9.17, 15) is 13.2 Å². The molecule has 0 aromatic heterocycles. The Morgan fingerprint density at radius 1 is 1.37 bits per heavy atom. The van der Waals surface area contributed by atoms with Gasteiger partial charge in [-0.3, -0.25) is 4.79 Å². The first-order valence-corrected chi connectivity index (χ1v) is 8.39. The minimum Gasteiger partial charge on any atom is -0.392 e. The van der Waals surface area contributed by atoms with Crippen LogP contribution >= 0.6 is 12.2 Å². The van der Waals surface area contributed by atoms with Crippen LogP contribution in [0.25, 0.3) is 0 Å². The lowest BCUT2D eigenvalue weighted by atomic mass is 10.1. The molecule has 1 atom stereocenters. The Balaban J connectivity index is 2.54. The molecule has 1 amide bonds. The van der Waals surface area contributed by atoms with Crippen molar-refractivity contribution in [3.8, 4) is 0 Å². The van der Waals surface area contributed by atoms with Gasteiger partial charge in [0.15, 0.2) is 0 Å². The molecule has 1 saturated heterocycles. The first kappa shape index (κ1) is 16.3. The van der Waals surface area contributed by atoms with Gasteiger partial charge in [-0.2, -0.15) is 0 Å². The highest BCUT2D eigenvalue weighted by Crippen LogP contribution is 2.09. The van der Waals surface area contributed by atoms with E-state index in [4.69, 9.17) is 18.0 Å². The fourth-order valence-electron chi connectivity index (χ4n) is 2.09. The van der Waals surface area contributed by atoms with Crippen molar-refractivity contribution in [2.75, 3.05) is 19.6 Å². The maximum Gasteiger partial charge on any atom is 0.237 e. The second kappa shape index (κ2) is 7.16. The molecule has 0 saturated carbocycles. The lowest BCUT2D eigenvalue weighted by molar-refractivity contribution is -0.130. The molecule has 0 bridgehead atoms. The molecule has 19 heavy (non-hydrogen) atoms. The molecule has 1 aliphatic heterocycles. The number of nitrogens with zero attached hydrogens (tertiary/aromatic N) is 1. The molecular weight excluding hydrogens is 286 g/mol. The van der Waals surface area contributed by atoms with Crippen molar-refractivity contribution in [1.29, 1.82) is 0 Å². The molecule has 1 unspecified atom stereocenters. The third-order valence-electron chi connectivity index (χ3n) is 3.20. The fourth-order valence-corrected chi connectivity index (χ4v) is 3.91. The number of amides is 1. The minimum absolute atomic E-state index is 0.0691. The number of nitrogens with two attached hydrogens (primary N) is 1. The molecule has 3 N–H and O–H groups in total. The maximum atomic E-state index is 11.9. The van der Waals surface area contributed by atoms with Crippen molar-refractivity contribution < 1.29 is 13.2 Å². The lowest BCUT2D eigenvalue weighted by Crippen LogP contribution is -2.47. The number of hydrogen-bond donors (Lipinski definition) is 2. The van der Waals surface area contributed by atoms with Crippen molar-refractivity contribution >= 4 is 33.1 Å². The topological polar surface area (TPSA) is 92.5 Å². The number of rotatable bonds is 6. The van der Waals surface area contributed by atoms with Crippen LogP contribution in [-0.4, -0.2) is 49.1 Å². The number of nitrogens with one attached hydrogen (secondary N) is 1. The van der Waals surface area contributed by atoms with Gasteiger partial charge in [0.25, 0.3) is 0 Å². The smallest absolute Gasteiger partial charge is 0.237 e. The third-order valence-corrected chi connectivity index (χ3v) is 5.51. The second-order valence-corrected chi connectivity index (χ2v) is 7.03. The Hall–Kier alpha value is -0.730. The molecule has 1 heterocycles. The van der Waals surface area contributed by atoms with E-state index in [1.54, 1.807) is 11.8 Å². The molecule has 0 aromatic carbocycles. The van der Waals surface area contributed by atoms with E-state index < -0.39 is 15.3 Å². The molecule has 1 fully saturated rings. The molecule has 6 nitrogen and oxygen atoms in total. The zero-order valence-electron chi connectivity index (χ0n) is 11.1. The highest BCUT2D eigenvalue weighted by molar-refractivity contribution is 7.93. The summed E-state index contributed by atoms with van der Waals surface area (Å²) < 4.78 is 26.2. The number of thiocarbonyl (C=S) groups is 1. The Morgan fingerprint density at radius 3 is 2.42 bits per heavy atom. The number of carbonyl (C=O) groups is 1. The van der Waals surface area contributed by atoms with Crippen molar-refractivity contribution in [3.63, 3.8) is 0 Å². The Morgan fingerprint density at radius 2 is 1.95 bits per heavy atom. The van der Waals surface area contributed by atoms with Crippen LogP contribution < -0.4 is 10.5 Å². The van der Waals surface area contributed by atoms with Crippen LogP contribution in [0.15, 0.2) is 0 Å². The van der Waals surface area contributed by atoms with E-state index in [0.29, 0.717) is 19.5 Å². The van der Waals surface area contributed by atoms with Crippen LogP contribution in [-0.2, 0) is 14.8 Å². The molecule has 1 rings (SSSR count). The molecule has 0 radical (unpaired) electrons. The molecule has 8 heteroatoms. The Kier molecular flexibility index (Phi) is 6.15. The number of sulfonamides is 1. The minimum atomic E-state index is -3.67. The van der Waals surface area contributed by atoms with Crippen LogP contribution in [0.3, 0.4) is 0 Å². The summed E-state index contributed by atoms with van der Waals surface area (Å²) in [5.74, 6) is -0.193. The number of piperidine rings is 1. The van der Waals surface area contributed by atoms with E-state index in [1.807, 2.05) is 0 Å². The Labute approximate surface area is 119 Å². The average molecular weight is 307 g/mol. The van der Waals surface area contributed by atoms with Crippen molar-refractivity contribution in [1.82, 2.24) is 9.62 Å². The molecule has 0 aromatic rings. The van der Waals surface area contributed by atoms with Crippen molar-refractivity contribution in [2.45, 2.75) is 37.9 Å². The van der Waals surface area contributed by atoms with Crippen LogP contribution in [0.5, 0.6) is 0 Å². The normalized spacial score (nSPS) is 18.1. The van der Waals surface area contributed by atoms with Gasteiger partial charge in [-0.15, -0.1) is 0 Å². The van der Waals surface area contributed by atoms with Gasteiger partial charge < -0.3 is 10.6 Å². The van der Waals surface area contributed by atoms with Crippen LogP contribution in [0, 0.1) is 0 Å². The summed E-state index contributed by atoms with van der Waals surface area (Å²) in [4.78, 5) is 13.5. The SMILES string of the molecule is CCC(C(N)=S)S(=O)(=O)NCC(=O)N1CCCCC1. The van der Waals surface area contributed by atoms with Gasteiger partial charge in [-0.05, 0) is 25.7 Å². The highest BCUT2D eigenvalue weighted by atomic mass is 32.2. The summed E-state index contributed by atoms with van der Waals surface area (Å²) in [5.41, 5.74) is 5.40. The van der Waals surface area contributed by atoms with E-state index >= 15 is 0 Å². The fraction of sp³-hybridized carbons (Fsp3) is 0.818. The van der Waals surface area contributed by atoms with Crippen LogP contribution in [0.2, 0.25) is 0 Å². The van der Waals surface area contributed by atoms with Crippen molar-refractivity contribution in [2.24, 2.45) is 5.73 Å². The average Bonchev–Trinajstić information content (AvgIpc) is 2.37.